The number of rotatable bonds is 6. The van der Waals surface area contributed by atoms with Gasteiger partial charge in [-0.3, -0.25) is 0 Å². The van der Waals surface area contributed by atoms with Crippen molar-refractivity contribution in [2.45, 2.75) is 13.5 Å². The summed E-state index contributed by atoms with van der Waals surface area (Å²) in [6.07, 6.45) is 1.86. The van der Waals surface area contributed by atoms with Crippen LogP contribution in [0.5, 0.6) is 0 Å². The highest BCUT2D eigenvalue weighted by atomic mass is 19.5. The molecule has 1 aromatic heterocycles. The minimum Gasteiger partial charge on any atom is -0.462 e. The summed E-state index contributed by atoms with van der Waals surface area (Å²) in [5.41, 5.74) is 4.53. The molecule has 3 nitrogen and oxygen atoms in total. The molecule has 31 heavy (non-hydrogen) atoms. The third-order valence-electron chi connectivity index (χ3n) is 4.13. The average molecular weight is 431 g/mol. The predicted molar refractivity (Wildman–Crippen MR) is 114 cm³/mol. The van der Waals surface area contributed by atoms with Gasteiger partial charge in [0.05, 0.1) is 12.2 Å². The summed E-state index contributed by atoms with van der Waals surface area (Å²) in [6.45, 7) is 6.70. The lowest BCUT2D eigenvalue weighted by atomic mass is 10.0. The predicted octanol–water partition coefficient (Wildman–Crippen LogP) is 5.97. The lowest BCUT2D eigenvalue weighted by Gasteiger charge is -2.11. The maximum absolute atomic E-state index is 12.4. The van der Waals surface area contributed by atoms with Crippen LogP contribution in [-0.4, -0.2) is 19.8 Å². The molecule has 0 bridgehead atoms. The molecule has 0 aliphatic carbocycles. The van der Waals surface area contributed by atoms with Gasteiger partial charge in [-0.2, -0.15) is 4.57 Å². The summed E-state index contributed by atoms with van der Waals surface area (Å²) in [7, 11) is -6.00. The van der Waals surface area contributed by atoms with E-state index >= 15 is 0 Å². The summed E-state index contributed by atoms with van der Waals surface area (Å²) in [5.74, 6) is -0.312. The van der Waals surface area contributed by atoms with E-state index in [0.29, 0.717) is 18.7 Å². The molecule has 0 saturated carbocycles. The number of allylic oxidation sites excluding steroid dienone is 1. The first kappa shape index (κ1) is 23.9. The van der Waals surface area contributed by atoms with E-state index in [1.54, 1.807) is 0 Å². The van der Waals surface area contributed by atoms with E-state index in [4.69, 9.17) is 4.74 Å². The molecule has 0 fully saturated rings. The van der Waals surface area contributed by atoms with E-state index in [1.807, 2.05) is 85.8 Å². The quantitative estimate of drug-likeness (QED) is 0.158. The van der Waals surface area contributed by atoms with Gasteiger partial charge < -0.3 is 22.0 Å². The van der Waals surface area contributed by atoms with Crippen LogP contribution in [0.3, 0.4) is 0 Å². The standard InChI is InChI=1S/C23H22NO2.BF4/c1-3-15-24-21(18-11-7-5-8-12-18)16-20(23(25)26-4-2)17-22(24)19-13-9-6-10-14-19;2-1(3,4)5/h3,5-14,16-17H,1,4,15H2,2H3;/q+1;-1. The minimum absolute atomic E-state index is 0.312. The molecule has 8 heteroatoms. The largest absolute Gasteiger partial charge is 0.673 e. The van der Waals surface area contributed by atoms with Crippen molar-refractivity contribution in [2.75, 3.05) is 6.61 Å². The van der Waals surface area contributed by atoms with Crippen LogP contribution in [0.4, 0.5) is 17.3 Å². The van der Waals surface area contributed by atoms with E-state index in [-0.39, 0.29) is 5.97 Å². The van der Waals surface area contributed by atoms with Gasteiger partial charge in [-0.05, 0) is 37.3 Å². The van der Waals surface area contributed by atoms with E-state index in [1.165, 1.54) is 0 Å². The van der Waals surface area contributed by atoms with Gasteiger partial charge in [-0.15, -0.1) is 0 Å². The number of halogens is 4. The second-order valence-electron chi connectivity index (χ2n) is 6.36. The zero-order valence-electron chi connectivity index (χ0n) is 17.0. The van der Waals surface area contributed by atoms with Gasteiger partial charge in [0.2, 0.25) is 11.4 Å². The smallest absolute Gasteiger partial charge is 0.462 e. The van der Waals surface area contributed by atoms with E-state index in [9.17, 15) is 22.1 Å². The first-order chi connectivity index (χ1) is 14.7. The fourth-order valence-electron chi connectivity index (χ4n) is 2.98. The van der Waals surface area contributed by atoms with Gasteiger partial charge in [-0.1, -0.05) is 43.0 Å². The van der Waals surface area contributed by atoms with E-state index in [2.05, 4.69) is 11.1 Å². The molecular formula is C23H22BF4NO2. The Bertz CT molecular complexity index is 943. The van der Waals surface area contributed by atoms with Crippen LogP contribution >= 0.6 is 0 Å². The molecule has 0 N–H and O–H groups in total. The summed E-state index contributed by atoms with van der Waals surface area (Å²) in [5, 5.41) is 0. The highest BCUT2D eigenvalue weighted by Gasteiger charge is 2.24. The first-order valence-electron chi connectivity index (χ1n) is 9.58. The van der Waals surface area contributed by atoms with Gasteiger partial charge in [0.15, 0.2) is 6.54 Å². The Morgan fingerprint density at radius 1 is 0.935 bits per heavy atom. The third-order valence-corrected chi connectivity index (χ3v) is 4.13. The Labute approximate surface area is 178 Å². The maximum atomic E-state index is 12.4. The molecule has 0 spiro atoms. The Kier molecular flexibility index (Phi) is 8.55. The van der Waals surface area contributed by atoms with Crippen LogP contribution in [-0.2, 0) is 11.3 Å². The number of benzene rings is 2. The van der Waals surface area contributed by atoms with Gasteiger partial charge >= 0.3 is 13.2 Å². The lowest BCUT2D eigenvalue weighted by Crippen LogP contribution is -2.38. The summed E-state index contributed by atoms with van der Waals surface area (Å²) < 4.78 is 46.4. The molecular weight excluding hydrogens is 409 g/mol. The van der Waals surface area contributed by atoms with Crippen LogP contribution in [0.1, 0.15) is 17.3 Å². The summed E-state index contributed by atoms with van der Waals surface area (Å²) in [6, 6.07) is 23.9. The Morgan fingerprint density at radius 3 is 1.71 bits per heavy atom. The van der Waals surface area contributed by atoms with Crippen LogP contribution in [0, 0.1) is 0 Å². The second kappa shape index (κ2) is 11.1. The highest BCUT2D eigenvalue weighted by molar-refractivity contribution is 6.50. The van der Waals surface area contributed by atoms with Gasteiger partial charge in [0.1, 0.15) is 0 Å². The van der Waals surface area contributed by atoms with Crippen molar-refractivity contribution in [3.8, 4) is 22.5 Å². The van der Waals surface area contributed by atoms with E-state index in [0.717, 1.165) is 22.5 Å². The molecule has 0 radical (unpaired) electrons. The van der Waals surface area contributed by atoms with Crippen LogP contribution < -0.4 is 4.57 Å². The molecule has 162 valence electrons. The molecule has 0 amide bonds. The Morgan fingerprint density at radius 2 is 1.35 bits per heavy atom. The second-order valence-corrected chi connectivity index (χ2v) is 6.36. The fraction of sp³-hybridized carbons (Fsp3) is 0.130. The number of pyridine rings is 1. The number of esters is 1. The van der Waals surface area contributed by atoms with Crippen LogP contribution in [0.2, 0.25) is 0 Å². The van der Waals surface area contributed by atoms with Crippen LogP contribution in [0.25, 0.3) is 22.5 Å². The van der Waals surface area contributed by atoms with Crippen molar-refractivity contribution in [1.82, 2.24) is 0 Å². The Hall–Kier alpha value is -3.42. The zero-order chi connectivity index (χ0) is 22.9. The van der Waals surface area contributed by atoms with Crippen molar-refractivity contribution in [2.24, 2.45) is 0 Å². The first-order valence-corrected chi connectivity index (χ1v) is 9.58. The summed E-state index contributed by atoms with van der Waals surface area (Å²) in [4.78, 5) is 12.4. The molecule has 0 aliphatic rings. The van der Waals surface area contributed by atoms with Crippen molar-refractivity contribution in [3.63, 3.8) is 0 Å². The van der Waals surface area contributed by atoms with Crippen molar-refractivity contribution < 1.29 is 31.4 Å². The molecule has 0 aliphatic heterocycles. The molecule has 0 atom stereocenters. The lowest BCUT2D eigenvalue weighted by molar-refractivity contribution is -0.665. The number of carbonyl (C=O) groups excluding carboxylic acids is 1. The number of aromatic nitrogens is 1. The fourth-order valence-corrected chi connectivity index (χ4v) is 2.98. The molecule has 2 aromatic carbocycles. The van der Waals surface area contributed by atoms with Crippen molar-refractivity contribution in [3.05, 3.63) is 91.0 Å². The molecule has 1 heterocycles. The number of hydrogen-bond acceptors (Lipinski definition) is 2. The Balaban J connectivity index is 0.000000614. The van der Waals surface area contributed by atoms with E-state index < -0.39 is 7.25 Å². The molecule has 3 rings (SSSR count). The maximum Gasteiger partial charge on any atom is 0.673 e. The molecule has 3 aromatic rings. The van der Waals surface area contributed by atoms with Crippen LogP contribution in [0.15, 0.2) is 85.5 Å². The number of nitrogens with zero attached hydrogens (tertiary/aromatic N) is 1. The number of ether oxygens (including phenoxy) is 1. The third kappa shape index (κ3) is 7.40. The normalized spacial score (nSPS) is 10.6. The minimum atomic E-state index is -6.00. The van der Waals surface area contributed by atoms with Crippen molar-refractivity contribution >= 4 is 13.2 Å². The topological polar surface area (TPSA) is 30.2 Å². The SMILES string of the molecule is C=CC[n+]1c(-c2ccccc2)cc(C(=O)OCC)cc1-c1ccccc1.F[B-](F)(F)F. The molecule has 0 unspecified atom stereocenters. The number of hydrogen-bond donors (Lipinski definition) is 0. The van der Waals surface area contributed by atoms with Gasteiger partial charge in [0.25, 0.3) is 0 Å². The summed E-state index contributed by atoms with van der Waals surface area (Å²) >= 11 is 0. The van der Waals surface area contributed by atoms with Crippen molar-refractivity contribution in [1.29, 1.82) is 0 Å². The molecule has 0 saturated heterocycles. The van der Waals surface area contributed by atoms with Gasteiger partial charge in [0, 0.05) is 23.3 Å². The monoisotopic (exact) mass is 431 g/mol. The number of carbonyl (C=O) groups is 1. The van der Waals surface area contributed by atoms with Gasteiger partial charge in [-0.25, -0.2) is 4.79 Å². The highest BCUT2D eigenvalue weighted by Crippen LogP contribution is 2.24. The zero-order valence-corrected chi connectivity index (χ0v) is 17.0. The average Bonchev–Trinajstić information content (AvgIpc) is 2.74.